The molecule has 0 heterocycles. The summed E-state index contributed by atoms with van der Waals surface area (Å²) in [7, 11) is 0. The molecule has 0 aliphatic carbocycles. The van der Waals surface area contributed by atoms with E-state index in [0.717, 1.165) is 51.4 Å². The van der Waals surface area contributed by atoms with Crippen molar-refractivity contribution in [2.75, 3.05) is 6.61 Å². The summed E-state index contributed by atoms with van der Waals surface area (Å²) in [5, 5.41) is 0. The number of hydrogen-bond acceptors (Lipinski definition) is 1. The van der Waals surface area contributed by atoms with Gasteiger partial charge in [-0.2, -0.15) is 65.9 Å². The zero-order valence-corrected chi connectivity index (χ0v) is 24.4. The second kappa shape index (κ2) is 17.5. The summed E-state index contributed by atoms with van der Waals surface area (Å²) in [6, 6.07) is 0. The van der Waals surface area contributed by atoms with Crippen molar-refractivity contribution in [3.8, 4) is 0 Å². The van der Waals surface area contributed by atoms with Crippen molar-refractivity contribution < 1.29 is 79.4 Å². The SMILES string of the molecule is CCCCCCCCCCCCCCCCCCOC(=C(C(F)(C(F)(F)F)C(F)(F)F)C(F)(C(F)(F)F)C(F)(F)F)C(F)(F)F. The second-order valence-corrected chi connectivity index (χ2v) is 10.7. The first-order chi connectivity index (χ1) is 20.3. The first-order valence-electron chi connectivity index (χ1n) is 14.4. The fourth-order valence-corrected chi connectivity index (χ4v) is 4.56. The third kappa shape index (κ3) is 12.1. The van der Waals surface area contributed by atoms with E-state index in [-0.39, 0.29) is 12.8 Å². The zero-order valence-electron chi connectivity index (χ0n) is 24.4. The molecule has 0 radical (unpaired) electrons. The molecule has 0 rings (SSSR count). The van der Waals surface area contributed by atoms with Crippen LogP contribution >= 0.6 is 0 Å². The van der Waals surface area contributed by atoms with Gasteiger partial charge in [0.1, 0.15) is 0 Å². The van der Waals surface area contributed by atoms with Gasteiger partial charge in [-0.1, -0.05) is 103 Å². The average Bonchev–Trinajstić information content (AvgIpc) is 2.85. The van der Waals surface area contributed by atoms with Gasteiger partial charge in [0.15, 0.2) is 0 Å². The minimum Gasteiger partial charge on any atom is -0.489 e. The van der Waals surface area contributed by atoms with Gasteiger partial charge in [0.25, 0.3) is 0 Å². The number of hydrogen-bond donors (Lipinski definition) is 0. The van der Waals surface area contributed by atoms with Crippen LogP contribution in [0.25, 0.3) is 0 Å². The Kier molecular flexibility index (Phi) is 16.8. The Morgan fingerprint density at radius 2 is 0.622 bits per heavy atom. The molecule has 0 aromatic carbocycles. The van der Waals surface area contributed by atoms with Crippen LogP contribution < -0.4 is 0 Å². The topological polar surface area (TPSA) is 9.23 Å². The summed E-state index contributed by atoms with van der Waals surface area (Å²) in [4.78, 5) is 0. The number of allylic oxidation sites excluding steroid dienone is 2. The summed E-state index contributed by atoms with van der Waals surface area (Å²) in [6.45, 7) is 0.418. The lowest BCUT2D eigenvalue weighted by Crippen LogP contribution is -2.66. The highest BCUT2D eigenvalue weighted by Gasteiger charge is 2.87. The molecule has 0 aromatic rings. The van der Waals surface area contributed by atoms with Gasteiger partial charge in [-0.25, -0.2) is 8.78 Å². The molecule has 0 saturated carbocycles. The molecule has 270 valence electrons. The standard InChI is InChI=1S/C27H37F17O/c1-2-3-4-5-6-7-8-9-10-11-12-13-14-15-16-17-18-45-20(23(30,31)32)19(21(28,24(33,34)35)25(36,37)38)22(29,26(39,40)41)27(42,43)44/h2-18H2,1H3. The minimum atomic E-state index is -8.13. The predicted octanol–water partition coefficient (Wildman–Crippen LogP) is 12.7. The van der Waals surface area contributed by atoms with Gasteiger partial charge < -0.3 is 4.74 Å². The van der Waals surface area contributed by atoms with Crippen molar-refractivity contribution in [3.63, 3.8) is 0 Å². The fourth-order valence-electron chi connectivity index (χ4n) is 4.56. The van der Waals surface area contributed by atoms with Crippen LogP contribution in [0.2, 0.25) is 0 Å². The maximum atomic E-state index is 14.6. The van der Waals surface area contributed by atoms with Crippen molar-refractivity contribution in [2.24, 2.45) is 0 Å². The van der Waals surface area contributed by atoms with Crippen LogP contribution in [-0.4, -0.2) is 48.8 Å². The molecule has 0 unspecified atom stereocenters. The Hall–Kier alpha value is -1.65. The van der Waals surface area contributed by atoms with Crippen LogP contribution in [0.3, 0.4) is 0 Å². The Morgan fingerprint density at radius 1 is 0.378 bits per heavy atom. The van der Waals surface area contributed by atoms with Gasteiger partial charge in [0, 0.05) is 0 Å². The Labute approximate surface area is 249 Å². The molecule has 0 saturated heterocycles. The molecule has 0 aromatic heterocycles. The van der Waals surface area contributed by atoms with Crippen LogP contribution in [-0.2, 0) is 4.74 Å². The summed E-state index contributed by atoms with van der Waals surface area (Å²) < 4.78 is 232. The molecule has 45 heavy (non-hydrogen) atoms. The normalized spacial score (nSPS) is 14.2. The van der Waals surface area contributed by atoms with Crippen LogP contribution in [0, 0.1) is 0 Å². The van der Waals surface area contributed by atoms with E-state index in [1.807, 2.05) is 0 Å². The van der Waals surface area contributed by atoms with Gasteiger partial charge >= 0.3 is 42.2 Å². The first-order valence-corrected chi connectivity index (χ1v) is 14.4. The molecule has 0 amide bonds. The quantitative estimate of drug-likeness (QED) is 0.0698. The van der Waals surface area contributed by atoms with Crippen molar-refractivity contribution in [3.05, 3.63) is 11.3 Å². The van der Waals surface area contributed by atoms with Crippen LogP contribution in [0.1, 0.15) is 110 Å². The van der Waals surface area contributed by atoms with E-state index in [2.05, 4.69) is 11.7 Å². The fraction of sp³-hybridized carbons (Fsp3) is 0.926. The van der Waals surface area contributed by atoms with E-state index >= 15 is 0 Å². The number of rotatable bonds is 20. The van der Waals surface area contributed by atoms with Crippen molar-refractivity contribution in [1.82, 2.24) is 0 Å². The highest BCUT2D eigenvalue weighted by molar-refractivity contribution is 5.40. The van der Waals surface area contributed by atoms with E-state index in [4.69, 9.17) is 0 Å². The van der Waals surface area contributed by atoms with E-state index in [0.29, 0.717) is 12.8 Å². The Balaban J connectivity index is 5.61. The highest BCUT2D eigenvalue weighted by Crippen LogP contribution is 2.63. The maximum absolute atomic E-state index is 14.6. The van der Waals surface area contributed by atoms with Gasteiger partial charge in [-0.05, 0) is 6.42 Å². The van der Waals surface area contributed by atoms with E-state index in [9.17, 15) is 74.6 Å². The second-order valence-electron chi connectivity index (χ2n) is 10.7. The molecule has 0 atom stereocenters. The molecule has 0 spiro atoms. The molecule has 0 N–H and O–H groups in total. The lowest BCUT2D eigenvalue weighted by atomic mass is 9.79. The van der Waals surface area contributed by atoms with Crippen LogP contribution in [0.5, 0.6) is 0 Å². The summed E-state index contributed by atoms with van der Waals surface area (Å²) in [6.07, 6.45) is -26.9. The lowest BCUT2D eigenvalue weighted by Gasteiger charge is -2.41. The maximum Gasteiger partial charge on any atom is 0.449 e. The van der Waals surface area contributed by atoms with Crippen molar-refractivity contribution >= 4 is 0 Å². The van der Waals surface area contributed by atoms with Crippen LogP contribution in [0.4, 0.5) is 74.6 Å². The van der Waals surface area contributed by atoms with Crippen molar-refractivity contribution in [1.29, 1.82) is 0 Å². The molecule has 0 aliphatic heterocycles. The minimum absolute atomic E-state index is 0.170. The van der Waals surface area contributed by atoms with E-state index in [1.54, 1.807) is 0 Å². The molecular formula is C27H37F17O. The molecule has 0 fully saturated rings. The third-order valence-corrected chi connectivity index (χ3v) is 6.98. The number of unbranched alkanes of at least 4 members (excludes halogenated alkanes) is 15. The largest absolute Gasteiger partial charge is 0.489 e. The summed E-state index contributed by atoms with van der Waals surface area (Å²) in [5.74, 6) is -4.38. The first kappa shape index (κ1) is 43.4. The molecule has 1 nitrogen and oxygen atoms in total. The average molecular weight is 701 g/mol. The predicted molar refractivity (Wildman–Crippen MR) is 130 cm³/mol. The monoisotopic (exact) mass is 700 g/mol. The number of alkyl halides is 17. The van der Waals surface area contributed by atoms with Gasteiger partial charge in [-0.15, -0.1) is 0 Å². The molecule has 0 aliphatic rings. The lowest BCUT2D eigenvalue weighted by molar-refractivity contribution is -0.366. The zero-order chi connectivity index (χ0) is 35.4. The van der Waals surface area contributed by atoms with Gasteiger partial charge in [-0.3, -0.25) is 0 Å². The van der Waals surface area contributed by atoms with E-state index < -0.39 is 66.6 Å². The smallest absolute Gasteiger partial charge is 0.449 e. The molecule has 0 bridgehead atoms. The summed E-state index contributed by atoms with van der Waals surface area (Å²) in [5.41, 5.74) is -21.7. The van der Waals surface area contributed by atoms with Gasteiger partial charge in [0.2, 0.25) is 5.76 Å². The van der Waals surface area contributed by atoms with Crippen molar-refractivity contribution in [2.45, 2.75) is 152 Å². The summed E-state index contributed by atoms with van der Waals surface area (Å²) >= 11 is 0. The highest BCUT2D eigenvalue weighted by atomic mass is 19.4. The Bertz CT molecular complexity index is 795. The molecule has 18 heteroatoms. The number of ether oxygens (including phenoxy) is 1. The van der Waals surface area contributed by atoms with Gasteiger partial charge in [0.05, 0.1) is 12.2 Å². The van der Waals surface area contributed by atoms with E-state index in [1.165, 1.54) is 19.3 Å². The Morgan fingerprint density at radius 3 is 0.844 bits per heavy atom. The third-order valence-electron chi connectivity index (χ3n) is 6.98. The molecular weight excluding hydrogens is 663 g/mol. The number of halogens is 17. The van der Waals surface area contributed by atoms with Crippen LogP contribution in [0.15, 0.2) is 11.3 Å².